The highest BCUT2D eigenvalue weighted by Crippen LogP contribution is 2.17. The SMILES string of the molecule is C[C@@H]1CCCN1CCc1ccc(Br)cc1. The molecule has 1 aromatic carbocycles. The largest absolute Gasteiger partial charge is 0.300 e. The number of hydrogen-bond acceptors (Lipinski definition) is 1. The highest BCUT2D eigenvalue weighted by Gasteiger charge is 2.19. The van der Waals surface area contributed by atoms with Crippen molar-refractivity contribution in [2.45, 2.75) is 32.2 Å². The maximum atomic E-state index is 3.46. The van der Waals surface area contributed by atoms with Crippen molar-refractivity contribution in [2.24, 2.45) is 0 Å². The number of likely N-dealkylation sites (tertiary alicyclic amines) is 1. The summed E-state index contributed by atoms with van der Waals surface area (Å²) in [5.41, 5.74) is 1.44. The molecule has 1 heterocycles. The summed E-state index contributed by atoms with van der Waals surface area (Å²) in [5, 5.41) is 0. The molecule has 15 heavy (non-hydrogen) atoms. The Morgan fingerprint density at radius 3 is 2.67 bits per heavy atom. The fourth-order valence-corrected chi connectivity index (χ4v) is 2.51. The zero-order valence-corrected chi connectivity index (χ0v) is 10.8. The van der Waals surface area contributed by atoms with Crippen molar-refractivity contribution in [3.8, 4) is 0 Å². The average Bonchev–Trinajstić information content (AvgIpc) is 2.63. The molecule has 0 spiro atoms. The van der Waals surface area contributed by atoms with Gasteiger partial charge in [-0.3, -0.25) is 0 Å². The lowest BCUT2D eigenvalue weighted by atomic mass is 10.1. The van der Waals surface area contributed by atoms with Gasteiger partial charge in [0.1, 0.15) is 0 Å². The summed E-state index contributed by atoms with van der Waals surface area (Å²) in [5.74, 6) is 0. The molecule has 0 aromatic heterocycles. The summed E-state index contributed by atoms with van der Waals surface area (Å²) in [4.78, 5) is 2.60. The molecule has 0 unspecified atom stereocenters. The number of hydrogen-bond donors (Lipinski definition) is 0. The van der Waals surface area contributed by atoms with Crippen LogP contribution in [-0.4, -0.2) is 24.0 Å². The summed E-state index contributed by atoms with van der Waals surface area (Å²) in [6.07, 6.45) is 3.93. The van der Waals surface area contributed by atoms with E-state index >= 15 is 0 Å². The van der Waals surface area contributed by atoms with Gasteiger partial charge in [0, 0.05) is 17.1 Å². The molecule has 0 saturated carbocycles. The second kappa shape index (κ2) is 5.13. The minimum Gasteiger partial charge on any atom is -0.300 e. The van der Waals surface area contributed by atoms with E-state index in [2.05, 4.69) is 52.0 Å². The molecule has 1 aromatic rings. The van der Waals surface area contributed by atoms with Crippen LogP contribution < -0.4 is 0 Å². The van der Waals surface area contributed by atoms with Gasteiger partial charge >= 0.3 is 0 Å². The highest BCUT2D eigenvalue weighted by molar-refractivity contribution is 9.10. The van der Waals surface area contributed by atoms with E-state index in [1.807, 2.05) is 0 Å². The topological polar surface area (TPSA) is 3.24 Å². The first kappa shape index (κ1) is 11.2. The molecule has 0 aliphatic carbocycles. The molecule has 2 rings (SSSR count). The third-order valence-corrected chi connectivity index (χ3v) is 3.82. The molecule has 82 valence electrons. The fourth-order valence-electron chi connectivity index (χ4n) is 2.25. The highest BCUT2D eigenvalue weighted by atomic mass is 79.9. The van der Waals surface area contributed by atoms with Crippen molar-refractivity contribution in [2.75, 3.05) is 13.1 Å². The smallest absolute Gasteiger partial charge is 0.0175 e. The maximum Gasteiger partial charge on any atom is 0.0175 e. The summed E-state index contributed by atoms with van der Waals surface area (Å²) in [7, 11) is 0. The molecule has 0 N–H and O–H groups in total. The van der Waals surface area contributed by atoms with Gasteiger partial charge in [-0.2, -0.15) is 0 Å². The molecule has 1 aliphatic heterocycles. The van der Waals surface area contributed by atoms with E-state index in [0.717, 1.165) is 6.04 Å². The molecule has 0 bridgehead atoms. The molecule has 2 heteroatoms. The molecular formula is C13H18BrN. The van der Waals surface area contributed by atoms with Gasteiger partial charge in [0.05, 0.1) is 0 Å². The summed E-state index contributed by atoms with van der Waals surface area (Å²) in [6, 6.07) is 9.47. The first-order chi connectivity index (χ1) is 7.25. The van der Waals surface area contributed by atoms with Crippen LogP contribution in [0.5, 0.6) is 0 Å². The second-order valence-electron chi connectivity index (χ2n) is 4.40. The zero-order valence-electron chi connectivity index (χ0n) is 9.25. The summed E-state index contributed by atoms with van der Waals surface area (Å²) < 4.78 is 1.17. The van der Waals surface area contributed by atoms with Gasteiger partial charge in [-0.1, -0.05) is 28.1 Å². The third-order valence-electron chi connectivity index (χ3n) is 3.29. The van der Waals surface area contributed by atoms with Crippen molar-refractivity contribution >= 4 is 15.9 Å². The van der Waals surface area contributed by atoms with Gasteiger partial charge in [-0.15, -0.1) is 0 Å². The number of rotatable bonds is 3. The molecular weight excluding hydrogens is 250 g/mol. The predicted molar refractivity (Wildman–Crippen MR) is 68.1 cm³/mol. The van der Waals surface area contributed by atoms with E-state index in [-0.39, 0.29) is 0 Å². The Morgan fingerprint density at radius 1 is 1.33 bits per heavy atom. The van der Waals surface area contributed by atoms with E-state index in [1.165, 1.54) is 42.4 Å². The van der Waals surface area contributed by atoms with Crippen molar-refractivity contribution in [3.63, 3.8) is 0 Å². The first-order valence-electron chi connectivity index (χ1n) is 5.74. The average molecular weight is 268 g/mol. The van der Waals surface area contributed by atoms with Crippen LogP contribution in [0, 0.1) is 0 Å². The minimum absolute atomic E-state index is 0.792. The van der Waals surface area contributed by atoms with Crippen LogP contribution in [0.1, 0.15) is 25.3 Å². The minimum atomic E-state index is 0.792. The number of nitrogens with zero attached hydrogens (tertiary/aromatic N) is 1. The van der Waals surface area contributed by atoms with Gasteiger partial charge in [-0.05, 0) is 50.4 Å². The Balaban J connectivity index is 1.85. The van der Waals surface area contributed by atoms with Crippen LogP contribution in [0.3, 0.4) is 0 Å². The monoisotopic (exact) mass is 267 g/mol. The predicted octanol–water partition coefficient (Wildman–Crippen LogP) is 3.48. The Hall–Kier alpha value is -0.340. The van der Waals surface area contributed by atoms with Crippen LogP contribution >= 0.6 is 15.9 Å². The van der Waals surface area contributed by atoms with E-state index in [4.69, 9.17) is 0 Å². The molecule has 1 atom stereocenters. The Labute approximate surface area is 101 Å². The van der Waals surface area contributed by atoms with Crippen molar-refractivity contribution in [1.29, 1.82) is 0 Å². The lowest BCUT2D eigenvalue weighted by molar-refractivity contribution is 0.272. The lowest BCUT2D eigenvalue weighted by Gasteiger charge is -2.20. The van der Waals surface area contributed by atoms with E-state index < -0.39 is 0 Å². The molecule has 1 aliphatic rings. The van der Waals surface area contributed by atoms with Gasteiger partial charge in [0.15, 0.2) is 0 Å². The summed E-state index contributed by atoms with van der Waals surface area (Å²) in [6.45, 7) is 4.84. The van der Waals surface area contributed by atoms with Gasteiger partial charge in [0.25, 0.3) is 0 Å². The van der Waals surface area contributed by atoms with Crippen LogP contribution in [0.2, 0.25) is 0 Å². The van der Waals surface area contributed by atoms with Crippen molar-refractivity contribution in [3.05, 3.63) is 34.3 Å². The fraction of sp³-hybridized carbons (Fsp3) is 0.538. The second-order valence-corrected chi connectivity index (χ2v) is 5.32. The van der Waals surface area contributed by atoms with Gasteiger partial charge < -0.3 is 4.90 Å². The molecule has 1 nitrogen and oxygen atoms in total. The zero-order chi connectivity index (χ0) is 10.7. The normalized spacial score (nSPS) is 22.1. The Bertz CT molecular complexity index is 307. The van der Waals surface area contributed by atoms with Gasteiger partial charge in [0.2, 0.25) is 0 Å². The number of halogens is 1. The molecule has 1 saturated heterocycles. The van der Waals surface area contributed by atoms with Gasteiger partial charge in [-0.25, -0.2) is 0 Å². The van der Waals surface area contributed by atoms with E-state index in [1.54, 1.807) is 0 Å². The van der Waals surface area contributed by atoms with Crippen LogP contribution in [-0.2, 0) is 6.42 Å². The van der Waals surface area contributed by atoms with Crippen molar-refractivity contribution in [1.82, 2.24) is 4.90 Å². The Kier molecular flexibility index (Phi) is 3.81. The Morgan fingerprint density at radius 2 is 2.07 bits per heavy atom. The van der Waals surface area contributed by atoms with Crippen LogP contribution in [0.4, 0.5) is 0 Å². The molecule has 0 amide bonds. The molecule has 1 fully saturated rings. The van der Waals surface area contributed by atoms with E-state index in [9.17, 15) is 0 Å². The lowest BCUT2D eigenvalue weighted by Crippen LogP contribution is -2.28. The summed E-state index contributed by atoms with van der Waals surface area (Å²) >= 11 is 3.46. The quantitative estimate of drug-likeness (QED) is 0.811. The first-order valence-corrected chi connectivity index (χ1v) is 6.53. The van der Waals surface area contributed by atoms with Crippen LogP contribution in [0.25, 0.3) is 0 Å². The van der Waals surface area contributed by atoms with Crippen molar-refractivity contribution < 1.29 is 0 Å². The maximum absolute atomic E-state index is 3.46. The van der Waals surface area contributed by atoms with Crippen LogP contribution in [0.15, 0.2) is 28.7 Å². The third kappa shape index (κ3) is 3.05. The molecule has 0 radical (unpaired) electrons. The standard InChI is InChI=1S/C13H18BrN/c1-11-3-2-9-15(11)10-8-12-4-6-13(14)7-5-12/h4-7,11H,2-3,8-10H2,1H3/t11-/m1/s1. The number of benzene rings is 1. The van der Waals surface area contributed by atoms with E-state index in [0.29, 0.717) is 0 Å².